The smallest absolute Gasteiger partial charge is 0.337 e. The van der Waals surface area contributed by atoms with E-state index >= 15 is 0 Å². The van der Waals surface area contributed by atoms with E-state index < -0.39 is 5.97 Å². The van der Waals surface area contributed by atoms with Crippen molar-refractivity contribution >= 4 is 11.7 Å². The summed E-state index contributed by atoms with van der Waals surface area (Å²) in [6, 6.07) is 11.7. The predicted octanol–water partition coefficient (Wildman–Crippen LogP) is 2.29. The molecular formula is C15H15NO4. The van der Waals surface area contributed by atoms with Gasteiger partial charge in [0.25, 0.3) is 0 Å². The molecule has 0 saturated carbocycles. The third-order valence-corrected chi connectivity index (χ3v) is 2.81. The number of carbonyl (C=O) groups is 1. The minimum atomic E-state index is -1.07. The van der Waals surface area contributed by atoms with E-state index in [0.29, 0.717) is 17.9 Å². The monoisotopic (exact) mass is 273 g/mol. The number of nitrogen functional groups attached to an aromatic ring is 1. The van der Waals surface area contributed by atoms with Gasteiger partial charge in [-0.3, -0.25) is 0 Å². The van der Waals surface area contributed by atoms with Crippen molar-refractivity contribution in [3.05, 3.63) is 53.6 Å². The molecule has 0 aromatic heterocycles. The lowest BCUT2D eigenvalue weighted by Crippen LogP contribution is -2.02. The van der Waals surface area contributed by atoms with Crippen molar-refractivity contribution in [1.29, 1.82) is 0 Å². The van der Waals surface area contributed by atoms with Crippen molar-refractivity contribution in [3.8, 4) is 11.5 Å². The molecule has 5 nitrogen and oxygen atoms in total. The summed E-state index contributed by atoms with van der Waals surface area (Å²) in [6.45, 7) is 0.105. The van der Waals surface area contributed by atoms with Crippen molar-refractivity contribution in [2.45, 2.75) is 6.42 Å². The first kappa shape index (κ1) is 13.9. The number of aliphatic hydroxyl groups is 1. The molecule has 0 bridgehead atoms. The van der Waals surface area contributed by atoms with Crippen molar-refractivity contribution in [3.63, 3.8) is 0 Å². The molecule has 0 atom stereocenters. The minimum absolute atomic E-state index is 0.0515. The Balaban J connectivity index is 2.13. The number of hydrogen-bond acceptors (Lipinski definition) is 4. The number of rotatable bonds is 5. The molecule has 104 valence electrons. The fourth-order valence-corrected chi connectivity index (χ4v) is 1.79. The Kier molecular flexibility index (Phi) is 4.22. The molecule has 0 fully saturated rings. The van der Waals surface area contributed by atoms with Crippen molar-refractivity contribution in [2.75, 3.05) is 12.3 Å². The Labute approximate surface area is 116 Å². The van der Waals surface area contributed by atoms with Gasteiger partial charge in [0.2, 0.25) is 0 Å². The van der Waals surface area contributed by atoms with Gasteiger partial charge in [-0.25, -0.2) is 4.79 Å². The SMILES string of the molecule is Nc1cc(Oc2ccc(CCO)cc2)ccc1C(=O)O. The van der Waals surface area contributed by atoms with E-state index in [1.54, 1.807) is 18.2 Å². The van der Waals surface area contributed by atoms with E-state index in [9.17, 15) is 4.79 Å². The molecule has 2 aromatic carbocycles. The largest absolute Gasteiger partial charge is 0.478 e. The summed E-state index contributed by atoms with van der Waals surface area (Å²) in [4.78, 5) is 10.8. The fourth-order valence-electron chi connectivity index (χ4n) is 1.79. The summed E-state index contributed by atoms with van der Waals surface area (Å²) < 4.78 is 5.59. The Bertz CT molecular complexity index is 608. The Morgan fingerprint density at radius 1 is 1.10 bits per heavy atom. The van der Waals surface area contributed by atoms with E-state index in [4.69, 9.17) is 20.7 Å². The summed E-state index contributed by atoms with van der Waals surface area (Å²) in [7, 11) is 0. The number of nitrogens with two attached hydrogens (primary N) is 1. The summed E-state index contributed by atoms with van der Waals surface area (Å²) >= 11 is 0. The van der Waals surface area contributed by atoms with Gasteiger partial charge in [0, 0.05) is 18.4 Å². The molecule has 20 heavy (non-hydrogen) atoms. The molecule has 0 saturated heterocycles. The third-order valence-electron chi connectivity index (χ3n) is 2.81. The van der Waals surface area contributed by atoms with Crippen molar-refractivity contribution in [1.82, 2.24) is 0 Å². The number of ether oxygens (including phenoxy) is 1. The molecule has 2 aromatic rings. The van der Waals surface area contributed by atoms with Crippen LogP contribution >= 0.6 is 0 Å². The number of aliphatic hydroxyl groups excluding tert-OH is 1. The lowest BCUT2D eigenvalue weighted by molar-refractivity contribution is 0.0698. The van der Waals surface area contributed by atoms with Crippen molar-refractivity contribution in [2.24, 2.45) is 0 Å². The molecule has 0 aliphatic carbocycles. The maximum atomic E-state index is 10.8. The zero-order valence-corrected chi connectivity index (χ0v) is 10.7. The van der Waals surface area contributed by atoms with E-state index in [1.165, 1.54) is 12.1 Å². The Morgan fingerprint density at radius 2 is 1.75 bits per heavy atom. The van der Waals surface area contributed by atoms with Crippen LogP contribution in [0.15, 0.2) is 42.5 Å². The molecule has 0 aliphatic heterocycles. The van der Waals surface area contributed by atoms with E-state index in [0.717, 1.165) is 5.56 Å². The molecule has 0 unspecified atom stereocenters. The van der Waals surface area contributed by atoms with Gasteiger partial charge in [0.15, 0.2) is 0 Å². The minimum Gasteiger partial charge on any atom is -0.478 e. The third kappa shape index (κ3) is 3.27. The zero-order chi connectivity index (χ0) is 14.5. The number of carboxylic acid groups (broad SMARTS) is 1. The van der Waals surface area contributed by atoms with Crippen LogP contribution in [0.3, 0.4) is 0 Å². The quantitative estimate of drug-likeness (QED) is 0.727. The normalized spacial score (nSPS) is 10.2. The highest BCUT2D eigenvalue weighted by atomic mass is 16.5. The van der Waals surface area contributed by atoms with Crippen LogP contribution < -0.4 is 10.5 Å². The lowest BCUT2D eigenvalue weighted by Gasteiger charge is -2.08. The number of anilines is 1. The van der Waals surface area contributed by atoms with Gasteiger partial charge in [-0.15, -0.1) is 0 Å². The molecular weight excluding hydrogens is 258 g/mol. The second-order valence-electron chi connectivity index (χ2n) is 4.27. The van der Waals surface area contributed by atoms with E-state index in [1.807, 2.05) is 12.1 Å². The molecule has 0 amide bonds. The molecule has 0 radical (unpaired) electrons. The Hall–Kier alpha value is -2.53. The van der Waals surface area contributed by atoms with Crippen LogP contribution in [0.25, 0.3) is 0 Å². The molecule has 0 spiro atoms. The molecule has 5 heteroatoms. The topological polar surface area (TPSA) is 92.8 Å². The molecule has 4 N–H and O–H groups in total. The second kappa shape index (κ2) is 6.08. The molecule has 0 heterocycles. The Morgan fingerprint density at radius 3 is 2.30 bits per heavy atom. The van der Waals surface area contributed by atoms with Gasteiger partial charge in [0.05, 0.1) is 5.56 Å². The summed E-state index contributed by atoms with van der Waals surface area (Å²) in [5.41, 5.74) is 6.88. The first-order valence-corrected chi connectivity index (χ1v) is 6.10. The number of benzene rings is 2. The van der Waals surface area contributed by atoms with Crippen LogP contribution in [0.4, 0.5) is 5.69 Å². The number of carboxylic acids is 1. The zero-order valence-electron chi connectivity index (χ0n) is 10.7. The first-order chi connectivity index (χ1) is 9.60. The standard InChI is InChI=1S/C15H15NO4/c16-14-9-12(5-6-13(14)15(18)19)20-11-3-1-10(2-4-11)7-8-17/h1-6,9,17H,7-8,16H2,(H,18,19). The van der Waals surface area contributed by atoms with Crippen LogP contribution in [0.2, 0.25) is 0 Å². The van der Waals surface area contributed by atoms with E-state index in [2.05, 4.69) is 0 Å². The first-order valence-electron chi connectivity index (χ1n) is 6.10. The average molecular weight is 273 g/mol. The highest BCUT2D eigenvalue weighted by molar-refractivity contribution is 5.93. The molecule has 2 rings (SSSR count). The van der Waals surface area contributed by atoms with Crippen LogP contribution in [0, 0.1) is 0 Å². The van der Waals surface area contributed by atoms with Gasteiger partial charge in [0.1, 0.15) is 11.5 Å². The van der Waals surface area contributed by atoms with Crippen LogP contribution in [0.5, 0.6) is 11.5 Å². The predicted molar refractivity (Wildman–Crippen MR) is 75.1 cm³/mol. The van der Waals surface area contributed by atoms with E-state index in [-0.39, 0.29) is 17.9 Å². The average Bonchev–Trinajstić information content (AvgIpc) is 2.41. The van der Waals surface area contributed by atoms with Gasteiger partial charge in [-0.2, -0.15) is 0 Å². The highest BCUT2D eigenvalue weighted by Crippen LogP contribution is 2.25. The van der Waals surface area contributed by atoms with Crippen molar-refractivity contribution < 1.29 is 19.7 Å². The molecule has 0 aliphatic rings. The summed E-state index contributed by atoms with van der Waals surface area (Å²) in [5.74, 6) is 0.0268. The summed E-state index contributed by atoms with van der Waals surface area (Å²) in [6.07, 6.45) is 0.598. The maximum absolute atomic E-state index is 10.8. The van der Waals surface area contributed by atoms with Gasteiger partial charge in [-0.1, -0.05) is 12.1 Å². The van der Waals surface area contributed by atoms with Gasteiger partial charge >= 0.3 is 5.97 Å². The second-order valence-corrected chi connectivity index (χ2v) is 4.27. The van der Waals surface area contributed by atoms with Gasteiger partial charge in [-0.05, 0) is 36.2 Å². The number of hydrogen-bond donors (Lipinski definition) is 3. The van der Waals surface area contributed by atoms with Crippen LogP contribution in [-0.4, -0.2) is 22.8 Å². The summed E-state index contributed by atoms with van der Waals surface area (Å²) in [5, 5.41) is 17.7. The maximum Gasteiger partial charge on any atom is 0.337 e. The lowest BCUT2D eigenvalue weighted by atomic mass is 10.1. The highest BCUT2D eigenvalue weighted by Gasteiger charge is 2.08. The fraction of sp³-hybridized carbons (Fsp3) is 0.133. The van der Waals surface area contributed by atoms with Crippen LogP contribution in [0.1, 0.15) is 15.9 Å². The van der Waals surface area contributed by atoms with Gasteiger partial charge < -0.3 is 20.7 Å². The van der Waals surface area contributed by atoms with Crippen LogP contribution in [-0.2, 0) is 6.42 Å². The number of aromatic carboxylic acids is 1.